The lowest BCUT2D eigenvalue weighted by atomic mass is 9.95. The van der Waals surface area contributed by atoms with E-state index in [1.165, 1.54) is 5.56 Å². The number of hydrogen-bond donors (Lipinski definition) is 1. The molecule has 0 spiro atoms. The first-order chi connectivity index (χ1) is 6.09. The van der Waals surface area contributed by atoms with Gasteiger partial charge in [0.2, 0.25) is 0 Å². The average molecular weight is 242 g/mol. The average Bonchev–Trinajstić information content (AvgIpc) is 2.03. The van der Waals surface area contributed by atoms with Gasteiger partial charge in [0.05, 0.1) is 0 Å². The van der Waals surface area contributed by atoms with Gasteiger partial charge >= 0.3 is 0 Å². The summed E-state index contributed by atoms with van der Waals surface area (Å²) >= 11 is 3.47. The third kappa shape index (κ3) is 3.49. The Kier molecular flexibility index (Phi) is 3.94. The molecule has 13 heavy (non-hydrogen) atoms. The van der Waals surface area contributed by atoms with E-state index >= 15 is 0 Å². The summed E-state index contributed by atoms with van der Waals surface area (Å²) in [7, 11) is 0. The van der Waals surface area contributed by atoms with E-state index in [0.29, 0.717) is 5.92 Å². The molecule has 1 aromatic carbocycles. The van der Waals surface area contributed by atoms with Crippen LogP contribution in [0.5, 0.6) is 0 Å². The molecule has 0 radical (unpaired) electrons. The van der Waals surface area contributed by atoms with Gasteiger partial charge in [0.15, 0.2) is 0 Å². The summed E-state index contributed by atoms with van der Waals surface area (Å²) in [6.45, 7) is 4.26. The molecular formula is C11H16BrN. The zero-order valence-corrected chi connectivity index (χ0v) is 9.71. The topological polar surface area (TPSA) is 26.0 Å². The SMILES string of the molecule is CC(N)CC(C)c1cccc(Br)c1. The van der Waals surface area contributed by atoms with Crippen LogP contribution in [0.4, 0.5) is 0 Å². The summed E-state index contributed by atoms with van der Waals surface area (Å²) in [6.07, 6.45) is 1.04. The van der Waals surface area contributed by atoms with Crippen molar-refractivity contribution in [3.63, 3.8) is 0 Å². The number of rotatable bonds is 3. The van der Waals surface area contributed by atoms with Crippen LogP contribution in [0.1, 0.15) is 31.7 Å². The van der Waals surface area contributed by atoms with Gasteiger partial charge in [-0.15, -0.1) is 0 Å². The molecule has 0 saturated carbocycles. The Labute approximate surface area is 88.5 Å². The highest BCUT2D eigenvalue weighted by atomic mass is 79.9. The minimum atomic E-state index is 0.272. The molecule has 0 fully saturated rings. The fourth-order valence-corrected chi connectivity index (χ4v) is 1.92. The van der Waals surface area contributed by atoms with E-state index in [4.69, 9.17) is 5.73 Å². The van der Waals surface area contributed by atoms with E-state index in [-0.39, 0.29) is 6.04 Å². The van der Waals surface area contributed by atoms with Crippen molar-refractivity contribution in [3.05, 3.63) is 34.3 Å². The maximum absolute atomic E-state index is 5.76. The van der Waals surface area contributed by atoms with Crippen molar-refractivity contribution < 1.29 is 0 Å². The van der Waals surface area contributed by atoms with Gasteiger partial charge in [-0.1, -0.05) is 35.0 Å². The number of nitrogens with two attached hydrogens (primary N) is 1. The predicted molar refractivity (Wildman–Crippen MR) is 60.8 cm³/mol. The zero-order chi connectivity index (χ0) is 9.84. The second-order valence-corrected chi connectivity index (χ2v) is 4.58. The monoisotopic (exact) mass is 241 g/mol. The first kappa shape index (κ1) is 10.7. The van der Waals surface area contributed by atoms with Crippen LogP contribution in [-0.2, 0) is 0 Å². The van der Waals surface area contributed by atoms with Crippen LogP contribution in [-0.4, -0.2) is 6.04 Å². The Balaban J connectivity index is 2.71. The molecule has 0 heterocycles. The lowest BCUT2D eigenvalue weighted by molar-refractivity contribution is 0.586. The van der Waals surface area contributed by atoms with Crippen LogP contribution in [0, 0.1) is 0 Å². The molecule has 0 aliphatic rings. The highest BCUT2D eigenvalue weighted by molar-refractivity contribution is 9.10. The van der Waals surface area contributed by atoms with Gasteiger partial charge in [0, 0.05) is 10.5 Å². The Bertz CT molecular complexity index is 271. The largest absolute Gasteiger partial charge is 0.328 e. The van der Waals surface area contributed by atoms with Crippen molar-refractivity contribution in [2.24, 2.45) is 5.73 Å². The van der Waals surface area contributed by atoms with Gasteiger partial charge < -0.3 is 5.73 Å². The summed E-state index contributed by atoms with van der Waals surface area (Å²) in [6, 6.07) is 8.69. The van der Waals surface area contributed by atoms with Crippen LogP contribution in [0.2, 0.25) is 0 Å². The summed E-state index contributed by atoms with van der Waals surface area (Å²) in [5.41, 5.74) is 7.11. The molecule has 0 aromatic heterocycles. The fourth-order valence-electron chi connectivity index (χ4n) is 1.51. The lowest BCUT2D eigenvalue weighted by Crippen LogP contribution is -2.17. The Morgan fingerprint density at radius 3 is 2.62 bits per heavy atom. The molecule has 0 bridgehead atoms. The summed E-state index contributed by atoms with van der Waals surface area (Å²) in [5, 5.41) is 0. The van der Waals surface area contributed by atoms with E-state index in [1.54, 1.807) is 0 Å². The third-order valence-electron chi connectivity index (χ3n) is 2.14. The van der Waals surface area contributed by atoms with E-state index in [9.17, 15) is 0 Å². The molecule has 0 saturated heterocycles. The van der Waals surface area contributed by atoms with Gasteiger partial charge in [-0.2, -0.15) is 0 Å². The van der Waals surface area contributed by atoms with Gasteiger partial charge in [-0.05, 0) is 37.0 Å². The molecule has 1 rings (SSSR count). The minimum absolute atomic E-state index is 0.272. The van der Waals surface area contributed by atoms with Crippen LogP contribution >= 0.6 is 15.9 Å². The first-order valence-electron chi connectivity index (χ1n) is 4.60. The fraction of sp³-hybridized carbons (Fsp3) is 0.455. The maximum Gasteiger partial charge on any atom is 0.0178 e. The van der Waals surface area contributed by atoms with Crippen LogP contribution in [0.15, 0.2) is 28.7 Å². The normalized spacial score (nSPS) is 15.4. The molecule has 2 atom stereocenters. The van der Waals surface area contributed by atoms with E-state index in [1.807, 2.05) is 6.07 Å². The van der Waals surface area contributed by atoms with Crippen LogP contribution < -0.4 is 5.73 Å². The van der Waals surface area contributed by atoms with Crippen molar-refractivity contribution in [2.75, 3.05) is 0 Å². The quantitative estimate of drug-likeness (QED) is 0.864. The standard InChI is InChI=1S/C11H16BrN/c1-8(6-9(2)13)10-4-3-5-11(12)7-10/h3-5,7-9H,6,13H2,1-2H3. The van der Waals surface area contributed by atoms with Crippen molar-refractivity contribution in [3.8, 4) is 0 Å². The molecule has 72 valence electrons. The molecule has 2 N–H and O–H groups in total. The molecule has 0 aliphatic carbocycles. The second-order valence-electron chi connectivity index (χ2n) is 3.67. The predicted octanol–water partition coefficient (Wildman–Crippen LogP) is 3.29. The summed E-state index contributed by atoms with van der Waals surface area (Å²) in [5.74, 6) is 0.539. The van der Waals surface area contributed by atoms with Crippen LogP contribution in [0.25, 0.3) is 0 Å². The Hall–Kier alpha value is -0.340. The van der Waals surface area contributed by atoms with Gasteiger partial charge in [-0.3, -0.25) is 0 Å². The Morgan fingerprint density at radius 1 is 1.38 bits per heavy atom. The van der Waals surface area contributed by atoms with Gasteiger partial charge in [0.25, 0.3) is 0 Å². The summed E-state index contributed by atoms with van der Waals surface area (Å²) < 4.78 is 1.14. The number of halogens is 1. The van der Waals surface area contributed by atoms with Crippen molar-refractivity contribution in [2.45, 2.75) is 32.2 Å². The lowest BCUT2D eigenvalue weighted by Gasteiger charge is -2.14. The van der Waals surface area contributed by atoms with E-state index in [0.717, 1.165) is 10.9 Å². The molecule has 2 heteroatoms. The van der Waals surface area contributed by atoms with E-state index < -0.39 is 0 Å². The number of benzene rings is 1. The van der Waals surface area contributed by atoms with Crippen molar-refractivity contribution >= 4 is 15.9 Å². The summed E-state index contributed by atoms with van der Waals surface area (Å²) in [4.78, 5) is 0. The molecular weight excluding hydrogens is 226 g/mol. The molecule has 2 unspecified atom stereocenters. The highest BCUT2D eigenvalue weighted by Crippen LogP contribution is 2.22. The second kappa shape index (κ2) is 4.77. The van der Waals surface area contributed by atoms with E-state index in [2.05, 4.69) is 48.0 Å². The third-order valence-corrected chi connectivity index (χ3v) is 2.64. The number of hydrogen-bond acceptors (Lipinski definition) is 1. The van der Waals surface area contributed by atoms with Crippen LogP contribution in [0.3, 0.4) is 0 Å². The maximum atomic E-state index is 5.76. The smallest absolute Gasteiger partial charge is 0.0178 e. The minimum Gasteiger partial charge on any atom is -0.328 e. The zero-order valence-electron chi connectivity index (χ0n) is 8.13. The first-order valence-corrected chi connectivity index (χ1v) is 5.40. The van der Waals surface area contributed by atoms with Crippen molar-refractivity contribution in [1.29, 1.82) is 0 Å². The molecule has 1 aromatic rings. The molecule has 0 amide bonds. The van der Waals surface area contributed by atoms with Gasteiger partial charge in [-0.25, -0.2) is 0 Å². The highest BCUT2D eigenvalue weighted by Gasteiger charge is 2.07. The molecule has 0 aliphatic heterocycles. The Morgan fingerprint density at radius 2 is 2.08 bits per heavy atom. The van der Waals surface area contributed by atoms with Crippen molar-refractivity contribution in [1.82, 2.24) is 0 Å². The molecule has 1 nitrogen and oxygen atoms in total. The van der Waals surface area contributed by atoms with Gasteiger partial charge in [0.1, 0.15) is 0 Å².